The second-order valence-corrected chi connectivity index (χ2v) is 6.48. The summed E-state index contributed by atoms with van der Waals surface area (Å²) in [7, 11) is 0. The van der Waals surface area contributed by atoms with Crippen LogP contribution < -0.4 is 5.32 Å². The first-order valence-corrected chi connectivity index (χ1v) is 8.56. The molecule has 0 bridgehead atoms. The quantitative estimate of drug-likeness (QED) is 0.583. The molecule has 24 heavy (non-hydrogen) atoms. The number of hydrogen-bond acceptors (Lipinski definition) is 5. The smallest absolute Gasteiger partial charge is 0.308 e. The van der Waals surface area contributed by atoms with Crippen molar-refractivity contribution in [2.45, 2.75) is 6.42 Å². The summed E-state index contributed by atoms with van der Waals surface area (Å²) in [4.78, 5) is 35.8. The lowest BCUT2D eigenvalue weighted by Crippen LogP contribution is -2.26. The fourth-order valence-corrected chi connectivity index (χ4v) is 2.94. The number of amides is 1. The highest BCUT2D eigenvalue weighted by molar-refractivity contribution is 7.12. The standard InChI is InChI=1S/C16H13Cl2NO4S/c17-10-3-4-11(12(18)8-10)13(20)9-23-15(21)5-6-19-16(22)14-2-1-7-24-14/h1-4,7-8H,5-6,9H2,(H,19,22). The van der Waals surface area contributed by atoms with E-state index < -0.39 is 18.4 Å². The van der Waals surface area contributed by atoms with Crippen molar-refractivity contribution in [1.29, 1.82) is 0 Å². The van der Waals surface area contributed by atoms with Gasteiger partial charge in [0.1, 0.15) is 0 Å². The molecule has 0 aliphatic rings. The summed E-state index contributed by atoms with van der Waals surface area (Å²) >= 11 is 13.0. The van der Waals surface area contributed by atoms with Crippen LogP contribution in [0.15, 0.2) is 35.7 Å². The zero-order chi connectivity index (χ0) is 17.5. The van der Waals surface area contributed by atoms with Gasteiger partial charge in [0.2, 0.25) is 5.78 Å². The topological polar surface area (TPSA) is 72.5 Å². The molecule has 0 saturated heterocycles. The molecule has 1 amide bonds. The van der Waals surface area contributed by atoms with Crippen LogP contribution in [0.5, 0.6) is 0 Å². The zero-order valence-corrected chi connectivity index (χ0v) is 14.7. The van der Waals surface area contributed by atoms with Crippen LogP contribution in [0.25, 0.3) is 0 Å². The Bertz CT molecular complexity index is 747. The number of ether oxygens (including phenoxy) is 1. The number of halogens is 2. The molecule has 0 radical (unpaired) electrons. The first-order valence-electron chi connectivity index (χ1n) is 6.93. The van der Waals surface area contributed by atoms with Crippen molar-refractivity contribution in [3.8, 4) is 0 Å². The minimum absolute atomic E-state index is 0.0290. The third kappa shape index (κ3) is 5.33. The monoisotopic (exact) mass is 385 g/mol. The van der Waals surface area contributed by atoms with E-state index in [9.17, 15) is 14.4 Å². The predicted molar refractivity (Wildman–Crippen MR) is 93.0 cm³/mol. The highest BCUT2D eigenvalue weighted by Gasteiger charge is 2.14. The Balaban J connectivity index is 1.73. The molecule has 1 aromatic heterocycles. The van der Waals surface area contributed by atoms with Crippen LogP contribution in [0.4, 0.5) is 0 Å². The van der Waals surface area contributed by atoms with E-state index in [2.05, 4.69) is 5.32 Å². The summed E-state index contributed by atoms with van der Waals surface area (Å²) in [6.45, 7) is -0.287. The van der Waals surface area contributed by atoms with Gasteiger partial charge in [0.15, 0.2) is 6.61 Å². The summed E-state index contributed by atoms with van der Waals surface area (Å²) in [5.74, 6) is -1.26. The van der Waals surface area contributed by atoms with Crippen molar-refractivity contribution in [1.82, 2.24) is 5.32 Å². The van der Waals surface area contributed by atoms with Crippen LogP contribution in [0.2, 0.25) is 10.0 Å². The maximum absolute atomic E-state index is 11.9. The fourth-order valence-electron chi connectivity index (χ4n) is 1.78. The molecule has 0 spiro atoms. The molecule has 0 atom stereocenters. The summed E-state index contributed by atoms with van der Waals surface area (Å²) in [5, 5.41) is 5.00. The predicted octanol–water partition coefficient (Wildman–Crippen LogP) is 3.60. The van der Waals surface area contributed by atoms with Gasteiger partial charge in [-0.2, -0.15) is 0 Å². The molecular weight excluding hydrogens is 373 g/mol. The second-order valence-electron chi connectivity index (χ2n) is 4.69. The van der Waals surface area contributed by atoms with Gasteiger partial charge in [0, 0.05) is 17.1 Å². The van der Waals surface area contributed by atoms with Crippen molar-refractivity contribution in [2.24, 2.45) is 0 Å². The normalized spacial score (nSPS) is 10.2. The van der Waals surface area contributed by atoms with Crippen molar-refractivity contribution >= 4 is 52.2 Å². The molecule has 1 aromatic carbocycles. The summed E-state index contributed by atoms with van der Waals surface area (Å²) in [6, 6.07) is 7.90. The van der Waals surface area contributed by atoms with E-state index in [0.29, 0.717) is 9.90 Å². The number of benzene rings is 1. The maximum Gasteiger partial charge on any atom is 0.308 e. The number of hydrogen-bond donors (Lipinski definition) is 1. The van der Waals surface area contributed by atoms with Crippen LogP contribution in [0, 0.1) is 0 Å². The number of carbonyl (C=O) groups is 3. The average Bonchev–Trinajstić information content (AvgIpc) is 3.07. The molecule has 2 aromatic rings. The molecular formula is C16H13Cl2NO4S. The number of ketones is 1. The van der Waals surface area contributed by atoms with E-state index >= 15 is 0 Å². The number of thiophene rings is 1. The Morgan fingerprint density at radius 2 is 1.96 bits per heavy atom. The highest BCUT2D eigenvalue weighted by Crippen LogP contribution is 2.21. The van der Waals surface area contributed by atoms with E-state index in [1.165, 1.54) is 29.5 Å². The Hall–Kier alpha value is -1.89. The van der Waals surface area contributed by atoms with Gasteiger partial charge in [-0.05, 0) is 29.6 Å². The number of nitrogens with one attached hydrogen (secondary N) is 1. The summed E-state index contributed by atoms with van der Waals surface area (Å²) in [5.41, 5.74) is 0.236. The van der Waals surface area contributed by atoms with Crippen LogP contribution in [-0.4, -0.2) is 30.8 Å². The lowest BCUT2D eigenvalue weighted by atomic mass is 10.1. The van der Waals surface area contributed by atoms with Crippen molar-refractivity contribution in [3.05, 3.63) is 56.2 Å². The van der Waals surface area contributed by atoms with E-state index in [-0.39, 0.29) is 29.5 Å². The lowest BCUT2D eigenvalue weighted by molar-refractivity contribution is -0.142. The third-order valence-corrected chi connectivity index (χ3v) is 4.37. The van der Waals surface area contributed by atoms with Crippen molar-refractivity contribution in [2.75, 3.05) is 13.2 Å². The third-order valence-electron chi connectivity index (χ3n) is 2.96. The van der Waals surface area contributed by atoms with E-state index in [1.54, 1.807) is 17.5 Å². The molecule has 0 aliphatic heterocycles. The van der Waals surface area contributed by atoms with E-state index in [4.69, 9.17) is 27.9 Å². The largest absolute Gasteiger partial charge is 0.457 e. The minimum Gasteiger partial charge on any atom is -0.457 e. The minimum atomic E-state index is -0.583. The van der Waals surface area contributed by atoms with Gasteiger partial charge in [-0.25, -0.2) is 0 Å². The molecule has 8 heteroatoms. The van der Waals surface area contributed by atoms with Crippen LogP contribution in [-0.2, 0) is 9.53 Å². The molecule has 0 fully saturated rings. The average molecular weight is 386 g/mol. The van der Waals surface area contributed by atoms with E-state index in [0.717, 1.165) is 0 Å². The molecule has 0 saturated carbocycles. The van der Waals surface area contributed by atoms with Crippen molar-refractivity contribution in [3.63, 3.8) is 0 Å². The fraction of sp³-hybridized carbons (Fsp3) is 0.188. The first-order chi connectivity index (χ1) is 11.5. The lowest BCUT2D eigenvalue weighted by Gasteiger charge is -2.07. The zero-order valence-electron chi connectivity index (χ0n) is 12.4. The van der Waals surface area contributed by atoms with Crippen LogP contribution in [0.3, 0.4) is 0 Å². The Morgan fingerprint density at radius 1 is 1.17 bits per heavy atom. The van der Waals surface area contributed by atoms with Gasteiger partial charge in [-0.1, -0.05) is 29.3 Å². The molecule has 126 valence electrons. The SMILES string of the molecule is O=C(CCNC(=O)c1cccs1)OCC(=O)c1ccc(Cl)cc1Cl. The molecule has 2 rings (SSSR count). The van der Waals surface area contributed by atoms with Gasteiger partial charge >= 0.3 is 5.97 Å². The van der Waals surface area contributed by atoms with Gasteiger partial charge in [0.05, 0.1) is 16.3 Å². The van der Waals surface area contributed by atoms with Gasteiger partial charge in [0.25, 0.3) is 5.91 Å². The van der Waals surface area contributed by atoms with Crippen LogP contribution in [0.1, 0.15) is 26.5 Å². The molecule has 0 unspecified atom stereocenters. The number of esters is 1. The number of Topliss-reactive ketones (excluding diaryl/α,β-unsaturated/α-hetero) is 1. The second kappa shape index (κ2) is 8.82. The van der Waals surface area contributed by atoms with Gasteiger partial charge in [-0.15, -0.1) is 11.3 Å². The van der Waals surface area contributed by atoms with Gasteiger partial charge in [-0.3, -0.25) is 14.4 Å². The van der Waals surface area contributed by atoms with E-state index in [1.807, 2.05) is 0 Å². The van der Waals surface area contributed by atoms with Gasteiger partial charge < -0.3 is 10.1 Å². The molecule has 1 heterocycles. The Kier molecular flexibility index (Phi) is 6.78. The van der Waals surface area contributed by atoms with Crippen molar-refractivity contribution < 1.29 is 19.1 Å². The Labute approximate surface area is 152 Å². The van der Waals surface area contributed by atoms with Crippen LogP contribution >= 0.6 is 34.5 Å². The Morgan fingerprint density at radius 3 is 2.62 bits per heavy atom. The highest BCUT2D eigenvalue weighted by atomic mass is 35.5. The molecule has 5 nitrogen and oxygen atoms in total. The molecule has 1 N–H and O–H groups in total. The number of rotatable bonds is 7. The number of carbonyl (C=O) groups excluding carboxylic acids is 3. The maximum atomic E-state index is 11.9. The summed E-state index contributed by atoms with van der Waals surface area (Å²) < 4.78 is 4.89. The molecule has 0 aliphatic carbocycles. The summed E-state index contributed by atoms with van der Waals surface area (Å²) in [6.07, 6.45) is -0.0290. The first kappa shape index (κ1) is 18.4.